The zero-order valence-corrected chi connectivity index (χ0v) is 22.5. The molecule has 5 aromatic rings. The Kier molecular flexibility index (Phi) is 7.81. The molecular formula is C30H24Cl2N4O3. The fourth-order valence-electron chi connectivity index (χ4n) is 4.14. The summed E-state index contributed by atoms with van der Waals surface area (Å²) >= 11 is 12.4. The van der Waals surface area contributed by atoms with Crippen LogP contribution in [0, 0.1) is 6.92 Å². The van der Waals surface area contributed by atoms with Crippen molar-refractivity contribution in [1.29, 1.82) is 0 Å². The number of hydrogen-bond acceptors (Lipinski definition) is 4. The molecule has 3 aromatic carbocycles. The van der Waals surface area contributed by atoms with Crippen molar-refractivity contribution < 1.29 is 14.0 Å². The second kappa shape index (κ2) is 11.6. The number of amides is 2. The fraction of sp³-hybridized carbons (Fsp3) is 0.100. The highest BCUT2D eigenvalue weighted by atomic mass is 35.5. The molecule has 0 aliphatic heterocycles. The van der Waals surface area contributed by atoms with Crippen LogP contribution in [-0.4, -0.2) is 32.8 Å². The van der Waals surface area contributed by atoms with Crippen molar-refractivity contribution in [3.8, 4) is 16.9 Å². The van der Waals surface area contributed by atoms with Crippen molar-refractivity contribution in [2.24, 2.45) is 0 Å². The summed E-state index contributed by atoms with van der Waals surface area (Å²) in [6, 6.07) is 25.4. The van der Waals surface area contributed by atoms with Crippen LogP contribution >= 0.6 is 23.2 Å². The summed E-state index contributed by atoms with van der Waals surface area (Å²) in [4.78, 5) is 32.9. The average Bonchev–Trinajstić information content (AvgIpc) is 3.59. The number of carbonyl (C=O) groups is 2. The van der Waals surface area contributed by atoms with E-state index in [0.29, 0.717) is 33.0 Å². The highest BCUT2D eigenvalue weighted by Gasteiger charge is 2.23. The van der Waals surface area contributed by atoms with E-state index in [9.17, 15) is 9.59 Å². The number of nitrogens with zero attached hydrogens (tertiary/aromatic N) is 3. The minimum atomic E-state index is -0.427. The number of hydrogen-bond donors (Lipinski definition) is 1. The summed E-state index contributed by atoms with van der Waals surface area (Å²) in [5.41, 5.74) is 3.68. The van der Waals surface area contributed by atoms with Crippen LogP contribution in [-0.2, 0) is 11.3 Å². The fourth-order valence-corrected chi connectivity index (χ4v) is 4.48. The molecule has 39 heavy (non-hydrogen) atoms. The first kappa shape index (κ1) is 26.3. The molecule has 2 amide bonds. The Morgan fingerprint density at radius 3 is 2.49 bits per heavy atom. The molecule has 2 aromatic heterocycles. The second-order valence-corrected chi connectivity index (χ2v) is 9.78. The zero-order chi connectivity index (χ0) is 27.4. The first-order valence-electron chi connectivity index (χ1n) is 12.2. The van der Waals surface area contributed by atoms with Crippen molar-refractivity contribution in [3.63, 3.8) is 0 Å². The molecule has 0 saturated carbocycles. The smallest absolute Gasteiger partial charge is 0.256 e. The van der Waals surface area contributed by atoms with Gasteiger partial charge in [-0.25, -0.2) is 4.98 Å². The lowest BCUT2D eigenvalue weighted by molar-refractivity contribution is -0.117. The first-order chi connectivity index (χ1) is 18.9. The Balaban J connectivity index is 1.45. The van der Waals surface area contributed by atoms with Crippen LogP contribution in [0.3, 0.4) is 0 Å². The topological polar surface area (TPSA) is 80.4 Å². The van der Waals surface area contributed by atoms with Crippen molar-refractivity contribution in [3.05, 3.63) is 124 Å². The van der Waals surface area contributed by atoms with Crippen molar-refractivity contribution >= 4 is 41.0 Å². The lowest BCUT2D eigenvalue weighted by Gasteiger charge is -2.22. The molecule has 0 aliphatic carbocycles. The molecule has 5 rings (SSSR count). The maximum absolute atomic E-state index is 13.4. The van der Waals surface area contributed by atoms with Crippen molar-refractivity contribution in [2.75, 3.05) is 11.9 Å². The standard InChI is InChI=1S/C30H24Cl2N4O3/c1-20-6-4-7-23(16-20)36-18-27(21-11-13-22(31)14-12-21)33-30(36)34-28(37)19-35(17-24-8-5-15-39-24)29(38)25-9-2-3-10-26(25)32/h2-16,18H,17,19H2,1H3,(H,33,34,37). The van der Waals surface area contributed by atoms with E-state index in [1.54, 1.807) is 48.5 Å². The summed E-state index contributed by atoms with van der Waals surface area (Å²) in [5, 5.41) is 3.81. The Morgan fingerprint density at radius 1 is 0.974 bits per heavy atom. The number of furan rings is 1. The first-order valence-corrected chi connectivity index (χ1v) is 12.9. The molecule has 0 atom stereocenters. The number of halogens is 2. The molecule has 2 heterocycles. The molecule has 0 unspecified atom stereocenters. The maximum Gasteiger partial charge on any atom is 0.256 e. The van der Waals surface area contributed by atoms with Crippen LogP contribution in [0.5, 0.6) is 0 Å². The quantitative estimate of drug-likeness (QED) is 0.221. The van der Waals surface area contributed by atoms with Crippen LogP contribution < -0.4 is 5.32 Å². The lowest BCUT2D eigenvalue weighted by atomic mass is 10.2. The van der Waals surface area contributed by atoms with Gasteiger partial charge in [0.1, 0.15) is 12.3 Å². The summed E-state index contributed by atoms with van der Waals surface area (Å²) in [6.07, 6.45) is 3.37. The van der Waals surface area contributed by atoms with Gasteiger partial charge >= 0.3 is 0 Å². The number of aromatic nitrogens is 2. The van der Waals surface area contributed by atoms with Gasteiger partial charge in [0, 0.05) is 22.5 Å². The van der Waals surface area contributed by atoms with Gasteiger partial charge in [-0.05, 0) is 61.0 Å². The molecule has 0 saturated heterocycles. The van der Waals surface area contributed by atoms with Gasteiger partial charge in [0.15, 0.2) is 0 Å². The number of imidazole rings is 1. The Morgan fingerprint density at radius 2 is 1.77 bits per heavy atom. The van der Waals surface area contributed by atoms with E-state index in [2.05, 4.69) is 5.32 Å². The van der Waals surface area contributed by atoms with Crippen LogP contribution in [0.4, 0.5) is 5.95 Å². The number of rotatable bonds is 8. The van der Waals surface area contributed by atoms with Crippen molar-refractivity contribution in [1.82, 2.24) is 14.5 Å². The second-order valence-electron chi connectivity index (χ2n) is 8.93. The number of aryl methyl sites for hydroxylation is 1. The van der Waals surface area contributed by atoms with E-state index in [-0.39, 0.29) is 13.1 Å². The van der Waals surface area contributed by atoms with Gasteiger partial charge in [-0.1, -0.05) is 59.6 Å². The summed E-state index contributed by atoms with van der Waals surface area (Å²) in [6.45, 7) is 1.83. The van der Waals surface area contributed by atoms with Gasteiger partial charge in [-0.15, -0.1) is 0 Å². The highest BCUT2D eigenvalue weighted by Crippen LogP contribution is 2.26. The SMILES string of the molecule is Cc1cccc(-n2cc(-c3ccc(Cl)cc3)nc2NC(=O)CN(Cc2ccco2)C(=O)c2ccccc2Cl)c1. The molecule has 0 fully saturated rings. The van der Waals surface area contributed by atoms with Crippen LogP contribution in [0.15, 0.2) is 102 Å². The van der Waals surface area contributed by atoms with E-state index < -0.39 is 11.8 Å². The van der Waals surface area contributed by atoms with Gasteiger partial charge in [0.25, 0.3) is 5.91 Å². The Labute approximate surface area is 235 Å². The zero-order valence-electron chi connectivity index (χ0n) is 21.0. The highest BCUT2D eigenvalue weighted by molar-refractivity contribution is 6.33. The van der Waals surface area contributed by atoms with Gasteiger partial charge in [-0.3, -0.25) is 19.5 Å². The van der Waals surface area contributed by atoms with Crippen LogP contribution in [0.1, 0.15) is 21.7 Å². The Bertz CT molecular complexity index is 1610. The summed E-state index contributed by atoms with van der Waals surface area (Å²) in [7, 11) is 0. The van der Waals surface area contributed by atoms with Crippen LogP contribution in [0.2, 0.25) is 10.0 Å². The maximum atomic E-state index is 13.4. The third kappa shape index (κ3) is 6.22. The number of nitrogens with one attached hydrogen (secondary N) is 1. The van der Waals surface area contributed by atoms with E-state index >= 15 is 0 Å². The monoisotopic (exact) mass is 558 g/mol. The summed E-state index contributed by atoms with van der Waals surface area (Å²) < 4.78 is 7.25. The predicted octanol–water partition coefficient (Wildman–Crippen LogP) is 7.03. The predicted molar refractivity (Wildman–Crippen MR) is 152 cm³/mol. The minimum Gasteiger partial charge on any atom is -0.467 e. The average molecular weight is 559 g/mol. The number of anilines is 1. The molecule has 0 radical (unpaired) electrons. The minimum absolute atomic E-state index is 0.0901. The molecule has 0 spiro atoms. The van der Waals surface area contributed by atoms with Crippen LogP contribution in [0.25, 0.3) is 16.9 Å². The van der Waals surface area contributed by atoms with Crippen molar-refractivity contribution in [2.45, 2.75) is 13.5 Å². The third-order valence-electron chi connectivity index (χ3n) is 6.03. The van der Waals surface area contributed by atoms with Gasteiger partial charge in [-0.2, -0.15) is 0 Å². The number of benzene rings is 3. The van der Waals surface area contributed by atoms with E-state index in [0.717, 1.165) is 16.8 Å². The van der Waals surface area contributed by atoms with Gasteiger partial charge in [0.2, 0.25) is 11.9 Å². The molecule has 7 nitrogen and oxygen atoms in total. The molecule has 9 heteroatoms. The van der Waals surface area contributed by atoms with Gasteiger partial charge < -0.3 is 9.32 Å². The van der Waals surface area contributed by atoms with E-state index in [4.69, 9.17) is 32.6 Å². The largest absolute Gasteiger partial charge is 0.467 e. The normalized spacial score (nSPS) is 10.8. The summed E-state index contributed by atoms with van der Waals surface area (Å²) in [5.74, 6) is 0.0355. The van der Waals surface area contributed by atoms with Gasteiger partial charge in [0.05, 0.1) is 29.1 Å². The third-order valence-corrected chi connectivity index (χ3v) is 6.61. The Hall–Kier alpha value is -4.33. The van der Waals surface area contributed by atoms with E-state index in [1.165, 1.54) is 11.2 Å². The molecular weight excluding hydrogens is 535 g/mol. The van der Waals surface area contributed by atoms with E-state index in [1.807, 2.05) is 54.1 Å². The number of carbonyl (C=O) groups excluding carboxylic acids is 2. The lowest BCUT2D eigenvalue weighted by Crippen LogP contribution is -2.38. The molecule has 1 N–H and O–H groups in total. The molecule has 196 valence electrons. The molecule has 0 bridgehead atoms. The molecule has 0 aliphatic rings.